The van der Waals surface area contributed by atoms with Gasteiger partial charge >= 0.3 is 6.18 Å². The van der Waals surface area contributed by atoms with E-state index < -0.39 is 17.6 Å². The average molecular weight is 297 g/mol. The van der Waals surface area contributed by atoms with Gasteiger partial charge in [0.2, 0.25) is 0 Å². The van der Waals surface area contributed by atoms with Crippen molar-refractivity contribution in [1.82, 2.24) is 15.5 Å². The van der Waals surface area contributed by atoms with Crippen molar-refractivity contribution >= 4 is 5.91 Å². The zero-order valence-corrected chi connectivity index (χ0v) is 11.5. The van der Waals surface area contributed by atoms with Crippen LogP contribution in [0.4, 0.5) is 13.2 Å². The minimum Gasteiger partial charge on any atom is -0.348 e. The molecule has 0 fully saturated rings. The van der Waals surface area contributed by atoms with Gasteiger partial charge in [0.15, 0.2) is 0 Å². The number of carbonyl (C=O) groups is 1. The average Bonchev–Trinajstić information content (AvgIpc) is 2.81. The number of hydrogen-bond donors (Lipinski definition) is 2. The summed E-state index contributed by atoms with van der Waals surface area (Å²) in [5.74, 6) is -0.462. The summed E-state index contributed by atoms with van der Waals surface area (Å²) in [7, 11) is 0. The zero-order chi connectivity index (χ0) is 15.6. The van der Waals surface area contributed by atoms with E-state index in [-0.39, 0.29) is 12.1 Å². The van der Waals surface area contributed by atoms with Crippen molar-refractivity contribution in [3.8, 4) is 0 Å². The summed E-state index contributed by atoms with van der Waals surface area (Å²) < 4.78 is 38.7. The molecule has 112 valence electrons. The predicted octanol–water partition coefficient (Wildman–Crippen LogP) is 2.98. The second kappa shape index (κ2) is 5.59. The Morgan fingerprint density at radius 1 is 1.33 bits per heavy atom. The fourth-order valence-electron chi connectivity index (χ4n) is 2.00. The van der Waals surface area contributed by atoms with Gasteiger partial charge in [-0.2, -0.15) is 18.3 Å². The highest BCUT2D eigenvalue weighted by Crippen LogP contribution is 2.32. The summed E-state index contributed by atoms with van der Waals surface area (Å²) in [4.78, 5) is 11.9. The topological polar surface area (TPSA) is 57.8 Å². The molecule has 0 aliphatic carbocycles. The van der Waals surface area contributed by atoms with Gasteiger partial charge in [-0.15, -0.1) is 0 Å². The number of aromatic nitrogens is 2. The van der Waals surface area contributed by atoms with Gasteiger partial charge in [0, 0.05) is 12.2 Å². The quantitative estimate of drug-likeness (QED) is 0.915. The van der Waals surface area contributed by atoms with Gasteiger partial charge in [-0.1, -0.05) is 17.7 Å². The minimum absolute atomic E-state index is 0.0389. The van der Waals surface area contributed by atoms with E-state index in [9.17, 15) is 18.0 Å². The lowest BCUT2D eigenvalue weighted by molar-refractivity contribution is -0.138. The third-order valence-corrected chi connectivity index (χ3v) is 3.08. The first-order valence-corrected chi connectivity index (χ1v) is 6.24. The summed E-state index contributed by atoms with van der Waals surface area (Å²) >= 11 is 0. The van der Waals surface area contributed by atoms with Crippen LogP contribution in [0.3, 0.4) is 0 Å². The van der Waals surface area contributed by atoms with Crippen molar-refractivity contribution in [2.75, 3.05) is 0 Å². The molecule has 0 unspecified atom stereocenters. The largest absolute Gasteiger partial charge is 0.416 e. The van der Waals surface area contributed by atoms with Crippen LogP contribution in [-0.2, 0) is 12.7 Å². The Balaban J connectivity index is 2.18. The molecule has 0 spiro atoms. The second-order valence-corrected chi connectivity index (χ2v) is 4.75. The highest BCUT2D eigenvalue weighted by Gasteiger charge is 2.33. The van der Waals surface area contributed by atoms with Crippen molar-refractivity contribution in [3.05, 3.63) is 52.3 Å². The van der Waals surface area contributed by atoms with Crippen LogP contribution in [-0.4, -0.2) is 16.1 Å². The lowest BCUT2D eigenvalue weighted by atomic mass is 10.0. The van der Waals surface area contributed by atoms with Gasteiger partial charge < -0.3 is 5.32 Å². The fourth-order valence-corrected chi connectivity index (χ4v) is 2.00. The van der Waals surface area contributed by atoms with E-state index in [1.807, 2.05) is 0 Å². The van der Waals surface area contributed by atoms with Crippen molar-refractivity contribution in [3.63, 3.8) is 0 Å². The molecule has 2 rings (SSSR count). The molecule has 1 aromatic heterocycles. The number of nitrogens with one attached hydrogen (secondary N) is 2. The molecule has 2 aromatic rings. The van der Waals surface area contributed by atoms with Gasteiger partial charge in [0.25, 0.3) is 5.91 Å². The molecule has 21 heavy (non-hydrogen) atoms. The third-order valence-electron chi connectivity index (χ3n) is 3.08. The van der Waals surface area contributed by atoms with Crippen molar-refractivity contribution in [2.24, 2.45) is 0 Å². The molecular weight excluding hydrogens is 283 g/mol. The summed E-state index contributed by atoms with van der Waals surface area (Å²) in [5.41, 5.74) is 0.880. The van der Waals surface area contributed by atoms with Crippen LogP contribution < -0.4 is 5.32 Å². The number of benzene rings is 1. The number of H-pyrrole nitrogens is 1. The van der Waals surface area contributed by atoms with Crippen LogP contribution in [0.1, 0.15) is 32.7 Å². The molecule has 0 atom stereocenters. The molecule has 7 heteroatoms. The highest BCUT2D eigenvalue weighted by atomic mass is 19.4. The normalized spacial score (nSPS) is 11.5. The summed E-state index contributed by atoms with van der Waals surface area (Å²) in [6.07, 6.45) is -3.11. The summed E-state index contributed by atoms with van der Waals surface area (Å²) in [6.45, 7) is 3.17. The number of amides is 1. The van der Waals surface area contributed by atoms with E-state index >= 15 is 0 Å². The molecular formula is C14H14F3N3O. The first-order chi connectivity index (χ1) is 9.79. The Labute approximate surface area is 119 Å². The van der Waals surface area contributed by atoms with Gasteiger partial charge in [0.05, 0.1) is 17.3 Å². The van der Waals surface area contributed by atoms with E-state index in [0.29, 0.717) is 16.8 Å². The van der Waals surface area contributed by atoms with Crippen molar-refractivity contribution in [1.29, 1.82) is 0 Å². The summed E-state index contributed by atoms with van der Waals surface area (Å²) in [6, 6.07) is 3.85. The maximum atomic E-state index is 12.9. The molecule has 1 amide bonds. The van der Waals surface area contributed by atoms with Crippen LogP contribution in [0.2, 0.25) is 0 Å². The Kier molecular flexibility index (Phi) is 4.02. The molecule has 0 bridgehead atoms. The molecule has 4 nitrogen and oxygen atoms in total. The number of aryl methyl sites for hydroxylation is 2. The zero-order valence-electron chi connectivity index (χ0n) is 11.5. The van der Waals surface area contributed by atoms with E-state index in [1.165, 1.54) is 18.3 Å². The van der Waals surface area contributed by atoms with E-state index in [2.05, 4.69) is 15.5 Å². The number of aromatic amines is 1. The van der Waals surface area contributed by atoms with E-state index in [1.54, 1.807) is 13.8 Å². The van der Waals surface area contributed by atoms with E-state index in [0.717, 1.165) is 6.07 Å². The van der Waals surface area contributed by atoms with Crippen LogP contribution in [0, 0.1) is 13.8 Å². The maximum absolute atomic E-state index is 12.9. The van der Waals surface area contributed by atoms with Crippen molar-refractivity contribution in [2.45, 2.75) is 26.6 Å². The van der Waals surface area contributed by atoms with Gasteiger partial charge in [-0.05, 0) is 25.5 Å². The molecule has 1 heterocycles. The highest BCUT2D eigenvalue weighted by molar-refractivity contribution is 5.94. The summed E-state index contributed by atoms with van der Waals surface area (Å²) in [5, 5.41) is 8.79. The first kappa shape index (κ1) is 15.1. The monoisotopic (exact) mass is 297 g/mol. The van der Waals surface area contributed by atoms with Crippen molar-refractivity contribution < 1.29 is 18.0 Å². The predicted molar refractivity (Wildman–Crippen MR) is 70.7 cm³/mol. The van der Waals surface area contributed by atoms with E-state index in [4.69, 9.17) is 0 Å². The first-order valence-electron chi connectivity index (χ1n) is 6.24. The SMILES string of the molecule is Cc1ccc(C(F)(F)F)c(CNC(=O)c2cn[nH]c2C)c1. The van der Waals surface area contributed by atoms with Gasteiger partial charge in [-0.3, -0.25) is 9.89 Å². The second-order valence-electron chi connectivity index (χ2n) is 4.75. The fraction of sp³-hybridized carbons (Fsp3) is 0.286. The smallest absolute Gasteiger partial charge is 0.348 e. The minimum atomic E-state index is -4.45. The lowest BCUT2D eigenvalue weighted by Gasteiger charge is -2.14. The number of alkyl halides is 3. The Hall–Kier alpha value is -2.31. The molecule has 2 N–H and O–H groups in total. The van der Waals surface area contributed by atoms with Gasteiger partial charge in [-0.25, -0.2) is 0 Å². The standard InChI is InChI=1S/C14H14F3N3O/c1-8-3-4-12(14(15,16)17)10(5-8)6-18-13(21)11-7-19-20-9(11)2/h3-5,7H,6H2,1-2H3,(H,18,21)(H,19,20). The van der Waals surface area contributed by atoms with Crippen LogP contribution in [0.5, 0.6) is 0 Å². The van der Waals surface area contributed by atoms with Crippen LogP contribution >= 0.6 is 0 Å². The third kappa shape index (κ3) is 3.42. The van der Waals surface area contributed by atoms with Gasteiger partial charge in [0.1, 0.15) is 0 Å². The molecule has 0 saturated heterocycles. The Morgan fingerprint density at radius 2 is 2.05 bits per heavy atom. The molecule has 0 saturated carbocycles. The number of nitrogens with zero attached hydrogens (tertiary/aromatic N) is 1. The molecule has 0 aliphatic rings. The number of rotatable bonds is 3. The number of carbonyl (C=O) groups excluding carboxylic acids is 1. The molecule has 0 radical (unpaired) electrons. The maximum Gasteiger partial charge on any atom is 0.416 e. The Morgan fingerprint density at radius 3 is 2.62 bits per heavy atom. The van der Waals surface area contributed by atoms with Crippen LogP contribution in [0.25, 0.3) is 0 Å². The van der Waals surface area contributed by atoms with Crippen LogP contribution in [0.15, 0.2) is 24.4 Å². The lowest BCUT2D eigenvalue weighted by Crippen LogP contribution is -2.25. The molecule has 1 aromatic carbocycles. The molecule has 0 aliphatic heterocycles. The Bertz CT molecular complexity index is 662. The number of hydrogen-bond acceptors (Lipinski definition) is 2. The number of halogens is 3.